The number of likely N-dealkylation sites (tertiary alicyclic amines) is 1. The van der Waals surface area contributed by atoms with Crippen LogP contribution in [0.15, 0.2) is 133 Å². The Morgan fingerprint density at radius 1 is 0.524 bits per heavy atom. The van der Waals surface area contributed by atoms with Gasteiger partial charge in [-0.05, 0) is 153 Å². The van der Waals surface area contributed by atoms with Gasteiger partial charge in [-0.3, -0.25) is 35.4 Å². The lowest BCUT2D eigenvalue weighted by Gasteiger charge is -2.42. The topological polar surface area (TPSA) is 456 Å². The molecule has 8 aromatic rings. The van der Waals surface area contributed by atoms with E-state index in [1.165, 1.54) is 97.1 Å². The average Bonchev–Trinajstić information content (AvgIpc) is 1.72. The standard InChI is InChI=1S/C25H22FN3O7S.C25H24FN3O6S.C22H24FN3O4S.CH4/c1-25(2,24(35)29-13-4-6-15(21(30)31)16(10-13)22(32)33)11-14-5-8-19(37-14)23(34)36-18-7-3-12(20(27)28)9-17(18)26;1-25(2,24(34)29-20(22(31)32)13-3-6-15(30)7-4-13)12-16-8-10-19(36-16)23(33)35-18-9-5-14(21(27)28)11-17(18)26;1-12(27)14-10-26(11-14)21(29)22(2,3)9-15-5-7-18(31-15)20(28)30-17-6-4-13(19(24)25)8-16(17)23;/h3-10H,11H2,1-2H3,(H3,27,28)(H,29,35)(H,30,31)(H,32,33);3-11,20,30H,12H2,1-2H3,(H3,27,28)(H,29,34)(H,31,32);4-8,14H,9-11H2,1-3H3,(H3,24,25);1H4/t;20-;;/m.1../s1. The van der Waals surface area contributed by atoms with Crippen LogP contribution in [0.4, 0.5) is 18.9 Å². The van der Waals surface area contributed by atoms with Crippen molar-refractivity contribution >= 4 is 117 Å². The molecule has 1 saturated heterocycles. The number of phenols is 1. The molecule has 9 rings (SSSR count). The Hall–Kier alpha value is -11.9. The van der Waals surface area contributed by atoms with Crippen molar-refractivity contribution < 1.29 is 95.8 Å². The molecular formula is C73H74F3N9O17S3. The number of halogens is 3. The number of benzene rings is 5. The maximum atomic E-state index is 14.2. The number of hydrogen-bond donors (Lipinski definition) is 12. The highest BCUT2D eigenvalue weighted by atomic mass is 32.1. The molecule has 32 heteroatoms. The highest BCUT2D eigenvalue weighted by Crippen LogP contribution is 2.35. The highest BCUT2D eigenvalue weighted by molar-refractivity contribution is 7.14. The number of phenolic OH excluding ortho intramolecular Hbond substituents is 1. The first-order chi connectivity index (χ1) is 48.6. The van der Waals surface area contributed by atoms with Crippen LogP contribution in [0.1, 0.15) is 149 Å². The van der Waals surface area contributed by atoms with E-state index in [1.807, 2.05) is 13.8 Å². The molecule has 1 aliphatic rings. The third kappa shape index (κ3) is 21.6. The van der Waals surface area contributed by atoms with Gasteiger partial charge in [-0.1, -0.05) is 61.1 Å². The molecule has 4 heterocycles. The summed E-state index contributed by atoms with van der Waals surface area (Å²) in [7, 11) is 0. The van der Waals surface area contributed by atoms with Crippen molar-refractivity contribution in [3.05, 3.63) is 214 Å². The molecule has 0 saturated carbocycles. The van der Waals surface area contributed by atoms with Crippen molar-refractivity contribution in [2.24, 2.45) is 39.4 Å². The molecule has 1 aliphatic heterocycles. The summed E-state index contributed by atoms with van der Waals surface area (Å²) < 4.78 is 57.8. The van der Waals surface area contributed by atoms with E-state index in [2.05, 4.69) is 10.6 Å². The Bertz CT molecular complexity index is 4730. The monoisotopic (exact) mass is 1500 g/mol. The SMILES string of the molecule is C.CC(=O)C1CN(C(=O)C(C)(C)Cc2ccc(C(=O)Oc3ccc(C(=N)N)cc3F)s2)C1.CC(C)(Cc1ccc(C(=O)Oc2ccc(C(=N)N)cc2F)s1)C(=O)N[C@@H](C(=O)O)c1ccc(O)cc1.CC(C)(Cc1ccc(C(=O)Oc2ccc(C(=N)N)cc2F)s1)C(=O)Nc1ccc(C(=O)O)c(C(=O)O)c1. The molecule has 1 atom stereocenters. The predicted octanol–water partition coefficient (Wildman–Crippen LogP) is 11.2. The molecule has 5 aromatic carbocycles. The summed E-state index contributed by atoms with van der Waals surface area (Å²) in [5.74, 6) is -11.7. The second-order valence-electron chi connectivity index (χ2n) is 25.5. The van der Waals surface area contributed by atoms with Crippen molar-refractivity contribution in [1.82, 2.24) is 10.2 Å². The first kappa shape index (κ1) is 82.1. The van der Waals surface area contributed by atoms with Crippen LogP contribution in [-0.4, -0.2) is 115 Å². The number of carbonyl (C=O) groups is 10. The average molecular weight is 1500 g/mol. The Morgan fingerprint density at radius 2 is 0.895 bits per heavy atom. The number of amidine groups is 3. The summed E-state index contributed by atoms with van der Waals surface area (Å²) in [6.45, 7) is 12.7. The smallest absolute Gasteiger partial charge is 0.353 e. The number of aromatic carboxylic acids is 2. The van der Waals surface area contributed by atoms with Gasteiger partial charge in [0.25, 0.3) is 0 Å². The number of rotatable bonds is 25. The number of aromatic hydroxyl groups is 1. The number of carbonyl (C=O) groups excluding carboxylic acids is 7. The van der Waals surface area contributed by atoms with Gasteiger partial charge >= 0.3 is 35.8 Å². The van der Waals surface area contributed by atoms with Crippen LogP contribution in [0.5, 0.6) is 23.0 Å². The number of aliphatic carboxylic acids is 1. The quantitative estimate of drug-likeness (QED) is 0.0109. The summed E-state index contributed by atoms with van der Waals surface area (Å²) in [5, 5.41) is 64.5. The maximum Gasteiger partial charge on any atom is 0.353 e. The largest absolute Gasteiger partial charge is 0.508 e. The second-order valence-corrected chi connectivity index (χ2v) is 29.0. The second kappa shape index (κ2) is 34.4. The molecule has 0 radical (unpaired) electrons. The van der Waals surface area contributed by atoms with Gasteiger partial charge in [0.2, 0.25) is 17.7 Å². The van der Waals surface area contributed by atoms with Crippen LogP contribution in [0, 0.1) is 55.8 Å². The Labute approximate surface area is 611 Å². The first-order valence-corrected chi connectivity index (χ1v) is 33.5. The van der Waals surface area contributed by atoms with Gasteiger partial charge in [0.15, 0.2) is 40.7 Å². The van der Waals surface area contributed by atoms with Crippen LogP contribution in [0.2, 0.25) is 0 Å². The normalized spacial score (nSPS) is 12.2. The van der Waals surface area contributed by atoms with Crippen molar-refractivity contribution in [3.63, 3.8) is 0 Å². The van der Waals surface area contributed by atoms with Crippen LogP contribution in [-0.2, 0) is 43.2 Å². The number of nitrogens with zero attached hydrogens (tertiary/aromatic N) is 1. The van der Waals surface area contributed by atoms with Crippen LogP contribution < -0.4 is 42.0 Å². The summed E-state index contributed by atoms with van der Waals surface area (Å²) >= 11 is 3.31. The van der Waals surface area contributed by atoms with E-state index in [4.69, 9.17) is 52.7 Å². The molecule has 26 nitrogen and oxygen atoms in total. The lowest BCUT2D eigenvalue weighted by atomic mass is 9.84. The van der Waals surface area contributed by atoms with Gasteiger partial charge in [-0.2, -0.15) is 0 Å². The number of esters is 3. The molecule has 15 N–H and O–H groups in total. The molecule has 0 aliphatic carbocycles. The summed E-state index contributed by atoms with van der Waals surface area (Å²) in [6.07, 6.45) is 0.824. The number of carboxylic acid groups (broad SMARTS) is 3. The van der Waals surface area contributed by atoms with Gasteiger partial charge in [-0.25, -0.2) is 41.9 Å². The van der Waals surface area contributed by atoms with E-state index in [9.17, 15) is 76.4 Å². The molecule has 1 fully saturated rings. The van der Waals surface area contributed by atoms with E-state index in [-0.39, 0.29) is 115 Å². The van der Waals surface area contributed by atoms with Crippen molar-refractivity contribution in [1.29, 1.82) is 16.2 Å². The summed E-state index contributed by atoms with van der Waals surface area (Å²) in [4.78, 5) is 126. The number of thiophene rings is 3. The van der Waals surface area contributed by atoms with Crippen molar-refractivity contribution in [2.75, 3.05) is 18.4 Å². The number of nitrogen functional groups attached to an aromatic ring is 3. The number of anilines is 1. The third-order valence-electron chi connectivity index (χ3n) is 15.8. The van der Waals surface area contributed by atoms with Gasteiger partial charge in [0, 0.05) is 66.3 Å². The molecule has 0 unspecified atom stereocenters. The fourth-order valence-electron chi connectivity index (χ4n) is 9.89. The third-order valence-corrected chi connectivity index (χ3v) is 19.0. The number of amides is 3. The zero-order valence-electron chi connectivity index (χ0n) is 56.5. The van der Waals surface area contributed by atoms with Gasteiger partial charge < -0.3 is 67.4 Å². The van der Waals surface area contributed by atoms with Crippen molar-refractivity contribution in [2.45, 2.75) is 81.2 Å². The molecule has 552 valence electrons. The lowest BCUT2D eigenvalue weighted by molar-refractivity contribution is -0.149. The van der Waals surface area contributed by atoms with E-state index in [0.717, 1.165) is 57.9 Å². The fourth-order valence-corrected chi connectivity index (χ4v) is 13.2. The van der Waals surface area contributed by atoms with Crippen LogP contribution >= 0.6 is 34.0 Å². The number of carboxylic acids is 3. The van der Waals surface area contributed by atoms with E-state index >= 15 is 0 Å². The number of ether oxygens (including phenoxy) is 3. The van der Waals surface area contributed by atoms with Gasteiger partial charge in [0.05, 0.1) is 17.0 Å². The Balaban J connectivity index is 0.000000247. The zero-order valence-corrected chi connectivity index (χ0v) is 59.0. The number of nitrogens with two attached hydrogens (primary N) is 3. The molecule has 0 spiro atoms. The Kier molecular flexibility index (Phi) is 26.9. The Morgan fingerprint density at radius 3 is 1.24 bits per heavy atom. The van der Waals surface area contributed by atoms with Crippen LogP contribution in [0.25, 0.3) is 0 Å². The highest BCUT2D eigenvalue weighted by Gasteiger charge is 2.41. The maximum absolute atomic E-state index is 14.2. The molecule has 105 heavy (non-hydrogen) atoms. The minimum absolute atomic E-state index is 0. The lowest BCUT2D eigenvalue weighted by Crippen LogP contribution is -2.56. The van der Waals surface area contributed by atoms with Crippen LogP contribution in [0.3, 0.4) is 0 Å². The van der Waals surface area contributed by atoms with E-state index in [1.54, 1.807) is 56.9 Å². The summed E-state index contributed by atoms with van der Waals surface area (Å²) in [6, 6.07) is 28.0. The zero-order chi connectivity index (χ0) is 77.0. The minimum Gasteiger partial charge on any atom is -0.508 e. The number of Topliss-reactive ketones (excluding diaryl/α,β-unsaturated/α-hetero) is 1. The van der Waals surface area contributed by atoms with Gasteiger partial charge in [-0.15, -0.1) is 34.0 Å². The summed E-state index contributed by atoms with van der Waals surface area (Å²) in [5.41, 5.74) is 13.3. The molecule has 3 aromatic heterocycles. The van der Waals surface area contributed by atoms with E-state index in [0.29, 0.717) is 34.8 Å². The molecule has 0 bridgehead atoms. The number of nitrogens with one attached hydrogen (secondary N) is 5. The first-order valence-electron chi connectivity index (χ1n) is 31.0. The predicted molar refractivity (Wildman–Crippen MR) is 386 cm³/mol. The van der Waals surface area contributed by atoms with E-state index < -0.39 is 98.5 Å². The number of hydrogen-bond acceptors (Lipinski definition) is 20. The molecule has 3 amide bonds. The number of ketones is 1. The van der Waals surface area contributed by atoms with Crippen molar-refractivity contribution in [3.8, 4) is 23.0 Å². The molecular weight excluding hydrogens is 1430 g/mol. The fraction of sp³-hybridized carbons (Fsp3) is 0.247. The van der Waals surface area contributed by atoms with Gasteiger partial charge in [0.1, 0.15) is 43.7 Å². The minimum atomic E-state index is -1.44.